The third-order valence-electron chi connectivity index (χ3n) is 5.21. The number of fused-ring (bicyclic) bond motifs is 1. The van der Waals surface area contributed by atoms with Crippen LogP contribution in [0.3, 0.4) is 0 Å². The molecule has 0 spiro atoms. The van der Waals surface area contributed by atoms with E-state index in [1.165, 1.54) is 30.6 Å². The van der Waals surface area contributed by atoms with E-state index in [1.54, 1.807) is 0 Å². The second-order valence-corrected chi connectivity index (χ2v) is 8.73. The Kier molecular flexibility index (Phi) is 4.96. The lowest BCUT2D eigenvalue weighted by Crippen LogP contribution is -2.41. The fourth-order valence-corrected chi connectivity index (χ4v) is 4.72. The van der Waals surface area contributed by atoms with Crippen molar-refractivity contribution >= 4 is 39.7 Å². The van der Waals surface area contributed by atoms with E-state index in [9.17, 15) is 4.79 Å². The molecule has 1 amide bonds. The van der Waals surface area contributed by atoms with Crippen LogP contribution in [0.15, 0.2) is 42.5 Å². The quantitative estimate of drug-likeness (QED) is 0.608. The van der Waals surface area contributed by atoms with Gasteiger partial charge < -0.3 is 5.32 Å². The lowest BCUT2D eigenvalue weighted by atomic mass is 9.86. The molecule has 26 heavy (non-hydrogen) atoms. The highest BCUT2D eigenvalue weighted by molar-refractivity contribution is 7.19. The van der Waals surface area contributed by atoms with Crippen LogP contribution in [0.5, 0.6) is 0 Å². The fourth-order valence-electron chi connectivity index (χ4n) is 3.72. The lowest BCUT2D eigenvalue weighted by Gasteiger charge is -2.29. The predicted octanol–water partition coefficient (Wildman–Crippen LogP) is 5.93. The molecule has 1 saturated carbocycles. The molecule has 1 aromatic carbocycles. The Labute approximate surface area is 162 Å². The van der Waals surface area contributed by atoms with Crippen molar-refractivity contribution in [3.05, 3.63) is 52.4 Å². The van der Waals surface area contributed by atoms with Gasteiger partial charge in [-0.05, 0) is 43.0 Å². The normalized spacial score (nSPS) is 20.2. The molecular formula is C21H21ClN2OS. The summed E-state index contributed by atoms with van der Waals surface area (Å²) in [5.74, 6) is 0.516. The smallest absolute Gasteiger partial charge is 0.252 e. The number of halogens is 1. The molecule has 2 aromatic heterocycles. The average Bonchev–Trinajstić information content (AvgIpc) is 3.09. The number of hydrogen-bond donors (Lipinski definition) is 1. The van der Waals surface area contributed by atoms with Crippen molar-refractivity contribution in [1.82, 2.24) is 10.3 Å². The number of nitrogens with zero attached hydrogens (tertiary/aromatic N) is 1. The Morgan fingerprint density at radius 3 is 2.77 bits per heavy atom. The monoisotopic (exact) mass is 384 g/mol. The summed E-state index contributed by atoms with van der Waals surface area (Å²) in [7, 11) is 0. The third kappa shape index (κ3) is 3.49. The van der Waals surface area contributed by atoms with Gasteiger partial charge in [0.15, 0.2) is 0 Å². The van der Waals surface area contributed by atoms with Gasteiger partial charge in [0.2, 0.25) is 0 Å². The lowest BCUT2D eigenvalue weighted by molar-refractivity contribution is 0.0912. The van der Waals surface area contributed by atoms with E-state index in [-0.39, 0.29) is 11.9 Å². The van der Waals surface area contributed by atoms with E-state index in [0.717, 1.165) is 32.2 Å². The summed E-state index contributed by atoms with van der Waals surface area (Å²) < 4.78 is 0.719. The third-order valence-corrected chi connectivity index (χ3v) is 6.47. The van der Waals surface area contributed by atoms with E-state index in [2.05, 4.69) is 12.2 Å². The highest BCUT2D eigenvalue weighted by atomic mass is 35.5. The van der Waals surface area contributed by atoms with Gasteiger partial charge in [-0.3, -0.25) is 4.79 Å². The molecule has 2 atom stereocenters. The van der Waals surface area contributed by atoms with Crippen LogP contribution in [0.4, 0.5) is 0 Å². The second kappa shape index (κ2) is 7.37. The van der Waals surface area contributed by atoms with Gasteiger partial charge in [0.1, 0.15) is 0 Å². The number of rotatable bonds is 3. The highest BCUT2D eigenvalue weighted by Crippen LogP contribution is 2.32. The molecule has 0 radical (unpaired) electrons. The zero-order valence-electron chi connectivity index (χ0n) is 14.7. The maximum atomic E-state index is 13.1. The molecule has 134 valence electrons. The maximum Gasteiger partial charge on any atom is 0.252 e. The molecule has 1 aliphatic rings. The minimum atomic E-state index is -0.00810. The van der Waals surface area contributed by atoms with E-state index in [4.69, 9.17) is 16.6 Å². The van der Waals surface area contributed by atoms with Gasteiger partial charge >= 0.3 is 0 Å². The van der Waals surface area contributed by atoms with Gasteiger partial charge in [0, 0.05) is 11.4 Å². The van der Waals surface area contributed by atoms with Gasteiger partial charge in [-0.1, -0.05) is 49.6 Å². The fraction of sp³-hybridized carbons (Fsp3) is 0.333. The molecule has 1 fully saturated rings. The van der Waals surface area contributed by atoms with Crippen LogP contribution in [0.25, 0.3) is 21.5 Å². The Morgan fingerprint density at radius 1 is 1.19 bits per heavy atom. The number of nitrogens with one attached hydrogen (secondary N) is 1. The van der Waals surface area contributed by atoms with Crippen LogP contribution < -0.4 is 5.32 Å². The minimum Gasteiger partial charge on any atom is -0.349 e. The van der Waals surface area contributed by atoms with Crippen LogP contribution in [0, 0.1) is 5.92 Å². The Balaban J connectivity index is 1.73. The van der Waals surface area contributed by atoms with E-state index in [1.807, 2.05) is 42.5 Å². The van der Waals surface area contributed by atoms with Crippen LogP contribution in [0.2, 0.25) is 4.34 Å². The van der Waals surface area contributed by atoms with Crippen LogP contribution in [-0.2, 0) is 0 Å². The number of carbonyl (C=O) groups excluding carboxylic acids is 1. The van der Waals surface area contributed by atoms with E-state index < -0.39 is 0 Å². The topological polar surface area (TPSA) is 42.0 Å². The van der Waals surface area contributed by atoms with Gasteiger partial charge in [-0.15, -0.1) is 11.3 Å². The van der Waals surface area contributed by atoms with Crippen molar-refractivity contribution in [2.45, 2.75) is 38.6 Å². The van der Waals surface area contributed by atoms with Crippen molar-refractivity contribution in [1.29, 1.82) is 0 Å². The minimum absolute atomic E-state index is 0.00810. The SMILES string of the molecule is C[C@@H]1CCCC[C@H]1NC(=O)c1cc(-c2ccc(Cl)s2)nc2ccccc12. The molecule has 2 heterocycles. The van der Waals surface area contributed by atoms with Gasteiger partial charge in [0.05, 0.1) is 26.0 Å². The standard InChI is InChI=1S/C21H21ClN2OS/c1-13-6-2-4-8-16(13)24-21(25)15-12-18(19-10-11-20(22)26-19)23-17-9-5-3-7-14(15)17/h3,5,7,9-13,16H,2,4,6,8H2,1H3,(H,24,25)/t13-,16-/m1/s1. The zero-order valence-corrected chi connectivity index (χ0v) is 16.2. The van der Waals surface area contributed by atoms with Crippen molar-refractivity contribution in [3.63, 3.8) is 0 Å². The molecule has 3 aromatic rings. The Morgan fingerprint density at radius 2 is 2.00 bits per heavy atom. The summed E-state index contributed by atoms with van der Waals surface area (Å²) >= 11 is 7.56. The number of pyridine rings is 1. The molecule has 5 heteroatoms. The number of thiophene rings is 1. The number of hydrogen-bond acceptors (Lipinski definition) is 3. The molecule has 3 nitrogen and oxygen atoms in total. The highest BCUT2D eigenvalue weighted by Gasteiger charge is 2.24. The van der Waals surface area contributed by atoms with Crippen molar-refractivity contribution in [2.75, 3.05) is 0 Å². The first kappa shape index (κ1) is 17.5. The number of para-hydroxylation sites is 1. The maximum absolute atomic E-state index is 13.1. The Hall–Kier alpha value is -1.91. The van der Waals surface area contributed by atoms with Crippen LogP contribution in [-0.4, -0.2) is 16.9 Å². The summed E-state index contributed by atoms with van der Waals surface area (Å²) in [5, 5.41) is 4.16. The molecule has 0 unspecified atom stereocenters. The summed E-state index contributed by atoms with van der Waals surface area (Å²) in [6.45, 7) is 2.23. The summed E-state index contributed by atoms with van der Waals surface area (Å²) in [6, 6.07) is 13.8. The summed E-state index contributed by atoms with van der Waals surface area (Å²) in [4.78, 5) is 18.8. The molecule has 1 N–H and O–H groups in total. The van der Waals surface area contributed by atoms with Crippen molar-refractivity contribution < 1.29 is 4.79 Å². The van der Waals surface area contributed by atoms with Crippen molar-refractivity contribution in [3.8, 4) is 10.6 Å². The van der Waals surface area contributed by atoms with Gasteiger partial charge in [-0.2, -0.15) is 0 Å². The van der Waals surface area contributed by atoms with Gasteiger partial charge in [-0.25, -0.2) is 4.98 Å². The molecular weight excluding hydrogens is 364 g/mol. The Bertz CT molecular complexity index is 952. The molecule has 4 rings (SSSR count). The number of amides is 1. The number of carbonyl (C=O) groups is 1. The molecule has 0 saturated heterocycles. The van der Waals surface area contributed by atoms with Gasteiger partial charge in [0.25, 0.3) is 5.91 Å². The number of benzene rings is 1. The molecule has 0 bridgehead atoms. The molecule has 1 aliphatic carbocycles. The number of aromatic nitrogens is 1. The zero-order chi connectivity index (χ0) is 18.1. The van der Waals surface area contributed by atoms with Crippen LogP contribution in [0.1, 0.15) is 43.0 Å². The average molecular weight is 385 g/mol. The first-order valence-electron chi connectivity index (χ1n) is 9.08. The summed E-state index contributed by atoms with van der Waals surface area (Å²) in [6.07, 6.45) is 4.69. The first-order chi connectivity index (χ1) is 12.6. The second-order valence-electron chi connectivity index (χ2n) is 7.02. The predicted molar refractivity (Wildman–Crippen MR) is 109 cm³/mol. The largest absolute Gasteiger partial charge is 0.349 e. The van der Waals surface area contributed by atoms with Crippen molar-refractivity contribution in [2.24, 2.45) is 5.92 Å². The first-order valence-corrected chi connectivity index (χ1v) is 10.3. The van der Waals surface area contributed by atoms with Crippen LogP contribution >= 0.6 is 22.9 Å². The van der Waals surface area contributed by atoms with E-state index in [0.29, 0.717) is 11.5 Å². The van der Waals surface area contributed by atoms with E-state index >= 15 is 0 Å². The molecule has 0 aliphatic heterocycles. The summed E-state index contributed by atoms with van der Waals surface area (Å²) in [5.41, 5.74) is 2.31.